The van der Waals surface area contributed by atoms with E-state index in [9.17, 15) is 10.1 Å². The van der Waals surface area contributed by atoms with Gasteiger partial charge in [-0.1, -0.05) is 60.7 Å². The van der Waals surface area contributed by atoms with Gasteiger partial charge in [-0.15, -0.1) is 0 Å². The van der Waals surface area contributed by atoms with Crippen molar-refractivity contribution < 1.29 is 4.79 Å². The number of nitrogens with zero attached hydrogens (tertiary/aromatic N) is 3. The molecule has 1 aromatic heterocycles. The van der Waals surface area contributed by atoms with Gasteiger partial charge in [-0.3, -0.25) is 4.79 Å². The molecule has 0 radical (unpaired) electrons. The molecular formula is C30H25N5O. The molecule has 0 saturated heterocycles. The lowest BCUT2D eigenvalue weighted by atomic mass is 9.91. The number of primary amides is 1. The maximum atomic E-state index is 11.4. The molecule has 0 bridgehead atoms. The second kappa shape index (κ2) is 9.87. The third-order valence-electron chi connectivity index (χ3n) is 6.48. The molecule has 6 nitrogen and oxygen atoms in total. The second-order valence-corrected chi connectivity index (χ2v) is 8.75. The predicted octanol–water partition coefficient (Wildman–Crippen LogP) is 5.09. The fourth-order valence-corrected chi connectivity index (χ4v) is 4.57. The Hall–Kier alpha value is -4.73. The smallest absolute Gasteiger partial charge is 0.248 e. The van der Waals surface area contributed by atoms with Gasteiger partial charge in [0.2, 0.25) is 5.91 Å². The summed E-state index contributed by atoms with van der Waals surface area (Å²) in [5.41, 5.74) is 11.4. The molecule has 0 aliphatic carbocycles. The van der Waals surface area contributed by atoms with Crippen LogP contribution in [0.25, 0.3) is 21.9 Å². The first kappa shape index (κ1) is 23.0. The summed E-state index contributed by atoms with van der Waals surface area (Å²) in [6, 6.07) is 29.8. The zero-order chi connectivity index (χ0) is 25.1. The minimum Gasteiger partial charge on any atom is -0.366 e. The van der Waals surface area contributed by atoms with E-state index in [4.69, 9.17) is 5.73 Å². The van der Waals surface area contributed by atoms with Crippen molar-refractivity contribution in [3.8, 4) is 17.2 Å². The van der Waals surface area contributed by atoms with Crippen LogP contribution in [-0.2, 0) is 13.6 Å². The maximum Gasteiger partial charge on any atom is 0.248 e. The number of benzene rings is 4. The van der Waals surface area contributed by atoms with Crippen molar-refractivity contribution in [1.29, 1.82) is 5.26 Å². The van der Waals surface area contributed by atoms with Crippen LogP contribution in [0.3, 0.4) is 0 Å². The minimum atomic E-state index is -0.444. The number of aromatic nitrogens is 2. The molecule has 3 N–H and O–H groups in total. The van der Waals surface area contributed by atoms with E-state index in [0.29, 0.717) is 17.7 Å². The highest BCUT2D eigenvalue weighted by Gasteiger charge is 2.20. The number of hydrogen-bond donors (Lipinski definition) is 2. The van der Waals surface area contributed by atoms with Crippen LogP contribution in [-0.4, -0.2) is 15.5 Å². The fourth-order valence-electron chi connectivity index (χ4n) is 4.57. The van der Waals surface area contributed by atoms with Gasteiger partial charge in [0.05, 0.1) is 35.9 Å². The van der Waals surface area contributed by atoms with Gasteiger partial charge in [-0.2, -0.15) is 5.26 Å². The summed E-state index contributed by atoms with van der Waals surface area (Å²) >= 11 is 0. The normalized spacial score (nSPS) is 11.8. The van der Waals surface area contributed by atoms with Crippen molar-refractivity contribution in [1.82, 2.24) is 14.9 Å². The lowest BCUT2D eigenvalue weighted by Gasteiger charge is -2.21. The summed E-state index contributed by atoms with van der Waals surface area (Å²) in [6.45, 7) is 0.568. The van der Waals surface area contributed by atoms with Gasteiger partial charge in [0.1, 0.15) is 0 Å². The summed E-state index contributed by atoms with van der Waals surface area (Å²) in [7, 11) is 1.97. The first-order valence-corrected chi connectivity index (χ1v) is 11.7. The highest BCUT2D eigenvalue weighted by molar-refractivity contribution is 5.98. The molecule has 1 atom stereocenters. The van der Waals surface area contributed by atoms with Crippen LogP contribution in [0.4, 0.5) is 0 Å². The molecular weight excluding hydrogens is 446 g/mol. The third kappa shape index (κ3) is 4.48. The van der Waals surface area contributed by atoms with E-state index in [2.05, 4.69) is 46.7 Å². The number of aryl methyl sites for hydroxylation is 1. The largest absolute Gasteiger partial charge is 0.366 e. The minimum absolute atomic E-state index is 0.171. The van der Waals surface area contributed by atoms with E-state index >= 15 is 0 Å². The van der Waals surface area contributed by atoms with Crippen LogP contribution < -0.4 is 11.1 Å². The van der Waals surface area contributed by atoms with E-state index in [1.54, 1.807) is 18.5 Å². The first-order valence-electron chi connectivity index (χ1n) is 11.7. The standard InChI is InChI=1S/C30H25N5O/c1-35-19-33-18-28(35)29(34-17-20-9-11-22(12-10-20)30(32)36)23-13-14-24(16-31)27(15-23)26-8-4-6-21-5-2-3-7-25(21)26/h2-15,18-19,29,34H,17H2,1H3,(H2,32,36). The first-order chi connectivity index (χ1) is 17.5. The summed E-state index contributed by atoms with van der Waals surface area (Å²) in [5, 5.41) is 15.8. The molecule has 0 spiro atoms. The van der Waals surface area contributed by atoms with Gasteiger partial charge >= 0.3 is 0 Å². The molecule has 0 fully saturated rings. The molecule has 1 heterocycles. The SMILES string of the molecule is Cn1cncc1C(NCc1ccc(C(N)=O)cc1)c1ccc(C#N)c(-c2cccc3ccccc23)c1. The quantitative estimate of drug-likeness (QED) is 0.346. The van der Waals surface area contributed by atoms with E-state index in [-0.39, 0.29) is 6.04 Å². The number of hydrogen-bond acceptors (Lipinski definition) is 4. The number of amides is 1. The molecule has 0 aliphatic heterocycles. The Balaban J connectivity index is 1.56. The van der Waals surface area contributed by atoms with Crippen molar-refractivity contribution >= 4 is 16.7 Å². The molecule has 5 rings (SSSR count). The molecule has 4 aromatic carbocycles. The van der Waals surface area contributed by atoms with Gasteiger partial charge < -0.3 is 15.6 Å². The van der Waals surface area contributed by atoms with Gasteiger partial charge in [-0.25, -0.2) is 4.98 Å². The number of carbonyl (C=O) groups is 1. The van der Waals surface area contributed by atoms with Crippen LogP contribution in [0, 0.1) is 11.3 Å². The number of carbonyl (C=O) groups excluding carboxylic acids is 1. The lowest BCUT2D eigenvalue weighted by Crippen LogP contribution is -2.24. The number of fused-ring (bicyclic) bond motifs is 1. The second-order valence-electron chi connectivity index (χ2n) is 8.75. The Labute approximate surface area is 209 Å². The van der Waals surface area contributed by atoms with Gasteiger partial charge in [0.25, 0.3) is 0 Å². The summed E-state index contributed by atoms with van der Waals surface area (Å²) < 4.78 is 1.99. The van der Waals surface area contributed by atoms with Crippen LogP contribution in [0.15, 0.2) is 97.5 Å². The number of nitriles is 1. The molecule has 6 heteroatoms. The molecule has 1 amide bonds. The molecule has 176 valence electrons. The molecule has 36 heavy (non-hydrogen) atoms. The van der Waals surface area contributed by atoms with Crippen molar-refractivity contribution in [3.05, 3.63) is 125 Å². The van der Waals surface area contributed by atoms with Crippen LogP contribution >= 0.6 is 0 Å². The molecule has 5 aromatic rings. The van der Waals surface area contributed by atoms with Crippen molar-refractivity contribution in [2.45, 2.75) is 12.6 Å². The molecule has 0 saturated carbocycles. The highest BCUT2D eigenvalue weighted by atomic mass is 16.1. The van der Waals surface area contributed by atoms with E-state index in [1.807, 2.05) is 60.3 Å². The summed E-state index contributed by atoms with van der Waals surface area (Å²) in [6.07, 6.45) is 3.63. The monoisotopic (exact) mass is 471 g/mol. The average molecular weight is 472 g/mol. The van der Waals surface area contributed by atoms with Crippen LogP contribution in [0.5, 0.6) is 0 Å². The Kier molecular flexibility index (Phi) is 6.31. The number of nitrogens with two attached hydrogens (primary N) is 1. The summed E-state index contributed by atoms with van der Waals surface area (Å²) in [4.78, 5) is 15.7. The zero-order valence-corrected chi connectivity index (χ0v) is 19.8. The van der Waals surface area contributed by atoms with Gasteiger partial charge in [0, 0.05) is 24.7 Å². The Morgan fingerprint density at radius 1 is 1.03 bits per heavy atom. The van der Waals surface area contributed by atoms with E-state index in [1.165, 1.54) is 0 Å². The highest BCUT2D eigenvalue weighted by Crippen LogP contribution is 2.34. The maximum absolute atomic E-state index is 11.4. The fraction of sp³-hybridized carbons (Fsp3) is 0.100. The topological polar surface area (TPSA) is 96.7 Å². The third-order valence-corrected chi connectivity index (χ3v) is 6.48. The Morgan fingerprint density at radius 3 is 2.53 bits per heavy atom. The van der Waals surface area contributed by atoms with Gasteiger partial charge in [-0.05, 0) is 51.7 Å². The van der Waals surface area contributed by atoms with E-state index in [0.717, 1.165) is 38.7 Å². The molecule has 1 unspecified atom stereocenters. The zero-order valence-electron chi connectivity index (χ0n) is 19.8. The average Bonchev–Trinajstić information content (AvgIpc) is 3.34. The number of rotatable bonds is 7. The van der Waals surface area contributed by atoms with Crippen LogP contribution in [0.2, 0.25) is 0 Å². The van der Waals surface area contributed by atoms with E-state index < -0.39 is 5.91 Å². The van der Waals surface area contributed by atoms with Crippen molar-refractivity contribution in [3.63, 3.8) is 0 Å². The molecule has 0 aliphatic rings. The summed E-state index contributed by atoms with van der Waals surface area (Å²) in [5.74, 6) is -0.444. The van der Waals surface area contributed by atoms with Crippen molar-refractivity contribution in [2.24, 2.45) is 12.8 Å². The Bertz CT molecular complexity index is 1590. The Morgan fingerprint density at radius 2 is 1.81 bits per heavy atom. The predicted molar refractivity (Wildman–Crippen MR) is 141 cm³/mol. The number of imidazole rings is 1. The van der Waals surface area contributed by atoms with Crippen molar-refractivity contribution in [2.75, 3.05) is 0 Å². The van der Waals surface area contributed by atoms with Crippen LogP contribution in [0.1, 0.15) is 38.8 Å². The lowest BCUT2D eigenvalue weighted by molar-refractivity contribution is 0.100. The van der Waals surface area contributed by atoms with Gasteiger partial charge in [0.15, 0.2) is 0 Å². The number of nitrogens with one attached hydrogen (secondary N) is 1.